The van der Waals surface area contributed by atoms with Gasteiger partial charge in [-0.3, -0.25) is 4.79 Å². The molecule has 2 heterocycles. The molecule has 0 aliphatic heterocycles. The maximum atomic E-state index is 13.0. The number of fused-ring (bicyclic) bond motifs is 2. The molecule has 1 aliphatic carbocycles. The van der Waals surface area contributed by atoms with Crippen LogP contribution in [0.25, 0.3) is 10.9 Å². The van der Waals surface area contributed by atoms with Gasteiger partial charge in [0.25, 0.3) is 5.91 Å². The number of nitrogens with two attached hydrogens (primary N) is 1. The highest BCUT2D eigenvalue weighted by atomic mass is 16.2. The van der Waals surface area contributed by atoms with Crippen LogP contribution in [-0.2, 0) is 19.9 Å². The van der Waals surface area contributed by atoms with Crippen LogP contribution in [0.15, 0.2) is 24.3 Å². The molecule has 0 saturated carbocycles. The lowest BCUT2D eigenvalue weighted by Gasteiger charge is -2.08. The smallest absolute Gasteiger partial charge is 0.280 e. The zero-order valence-electron chi connectivity index (χ0n) is 13.5. The number of aryl methyl sites for hydroxylation is 3. The minimum Gasteiger partial charge on any atom is -0.383 e. The summed E-state index contributed by atoms with van der Waals surface area (Å²) in [7, 11) is 2.01. The van der Waals surface area contributed by atoms with Crippen LogP contribution in [0.2, 0.25) is 0 Å². The summed E-state index contributed by atoms with van der Waals surface area (Å²) in [5.41, 5.74) is 11.1. The Hall–Kier alpha value is -2.56. The monoisotopic (exact) mass is 308 g/mol. The van der Waals surface area contributed by atoms with Gasteiger partial charge in [-0.1, -0.05) is 6.07 Å². The third-order valence-electron chi connectivity index (χ3n) is 4.95. The molecule has 118 valence electrons. The number of nitrogen functional groups attached to an aromatic ring is 1. The highest BCUT2D eigenvalue weighted by molar-refractivity contribution is 6.08. The number of benzene rings is 1. The van der Waals surface area contributed by atoms with Gasteiger partial charge >= 0.3 is 0 Å². The van der Waals surface area contributed by atoms with E-state index >= 15 is 0 Å². The van der Waals surface area contributed by atoms with Gasteiger partial charge in [-0.25, -0.2) is 0 Å². The average molecular weight is 308 g/mol. The average Bonchev–Trinajstić information content (AvgIpc) is 3.05. The Kier molecular flexibility index (Phi) is 3.04. The second kappa shape index (κ2) is 4.98. The van der Waals surface area contributed by atoms with Gasteiger partial charge in [0.2, 0.25) is 0 Å². The molecule has 4 rings (SSSR count). The summed E-state index contributed by atoms with van der Waals surface area (Å²) in [5, 5.41) is 5.45. The van der Waals surface area contributed by atoms with Crippen LogP contribution in [0.4, 0.5) is 5.82 Å². The molecule has 0 saturated heterocycles. The number of nitrogens with zero attached hydrogens (tertiary/aromatic N) is 3. The zero-order chi connectivity index (χ0) is 16.1. The molecule has 5 heteroatoms. The summed E-state index contributed by atoms with van der Waals surface area (Å²) >= 11 is 0. The number of carbonyl (C=O) groups is 1. The lowest BCUT2D eigenvalue weighted by atomic mass is 9.98. The van der Waals surface area contributed by atoms with Crippen molar-refractivity contribution in [3.63, 3.8) is 0 Å². The van der Waals surface area contributed by atoms with Gasteiger partial charge in [0.15, 0.2) is 0 Å². The normalized spacial score (nSPS) is 14.2. The van der Waals surface area contributed by atoms with Crippen molar-refractivity contribution in [1.29, 1.82) is 0 Å². The van der Waals surface area contributed by atoms with Crippen LogP contribution in [0.3, 0.4) is 0 Å². The van der Waals surface area contributed by atoms with E-state index < -0.39 is 0 Å². The van der Waals surface area contributed by atoms with Crippen molar-refractivity contribution in [3.8, 4) is 0 Å². The third-order valence-corrected chi connectivity index (χ3v) is 4.95. The molecule has 0 atom stereocenters. The van der Waals surface area contributed by atoms with Crippen molar-refractivity contribution >= 4 is 22.6 Å². The summed E-state index contributed by atoms with van der Waals surface area (Å²) in [6.07, 6.45) is 4.06. The van der Waals surface area contributed by atoms with E-state index in [4.69, 9.17) is 5.73 Å². The second-order valence-corrected chi connectivity index (χ2v) is 6.32. The highest BCUT2D eigenvalue weighted by Crippen LogP contribution is 2.28. The Morgan fingerprint density at radius 1 is 1.26 bits per heavy atom. The Labute approximate surface area is 134 Å². The summed E-state index contributed by atoms with van der Waals surface area (Å²) in [6.45, 7) is 2.04. The fourth-order valence-corrected chi connectivity index (χ4v) is 3.53. The van der Waals surface area contributed by atoms with Crippen LogP contribution >= 0.6 is 0 Å². The molecule has 0 unspecified atom stereocenters. The minimum atomic E-state index is -0.145. The molecule has 2 aromatic heterocycles. The Morgan fingerprint density at radius 2 is 2.04 bits per heavy atom. The largest absolute Gasteiger partial charge is 0.383 e. The van der Waals surface area contributed by atoms with E-state index in [1.54, 1.807) is 0 Å². The van der Waals surface area contributed by atoms with Crippen molar-refractivity contribution in [3.05, 3.63) is 46.8 Å². The van der Waals surface area contributed by atoms with Crippen LogP contribution in [0.1, 0.15) is 40.2 Å². The van der Waals surface area contributed by atoms with E-state index in [1.807, 2.05) is 38.2 Å². The van der Waals surface area contributed by atoms with Gasteiger partial charge in [-0.05, 0) is 50.8 Å². The fraction of sp³-hybridized carbons (Fsp3) is 0.333. The van der Waals surface area contributed by atoms with Crippen molar-refractivity contribution in [2.45, 2.75) is 32.6 Å². The molecule has 1 aromatic carbocycles. The Bertz CT molecular complexity index is 932. The summed E-state index contributed by atoms with van der Waals surface area (Å²) in [5.74, 6) is 0.363. The van der Waals surface area contributed by atoms with Gasteiger partial charge in [0.1, 0.15) is 5.82 Å². The van der Waals surface area contributed by atoms with Crippen molar-refractivity contribution in [2.75, 3.05) is 5.73 Å². The van der Waals surface area contributed by atoms with E-state index in [2.05, 4.69) is 9.67 Å². The quantitative estimate of drug-likeness (QED) is 0.751. The molecule has 23 heavy (non-hydrogen) atoms. The predicted octanol–water partition coefficient (Wildman–Crippen LogP) is 2.83. The summed E-state index contributed by atoms with van der Waals surface area (Å²) in [6, 6.07) is 7.83. The number of anilines is 1. The topological polar surface area (TPSA) is 65.8 Å². The fourth-order valence-electron chi connectivity index (χ4n) is 3.53. The van der Waals surface area contributed by atoms with E-state index in [0.717, 1.165) is 53.5 Å². The number of hydrogen-bond donors (Lipinski definition) is 1. The molecule has 3 aromatic rings. The summed E-state index contributed by atoms with van der Waals surface area (Å²) in [4.78, 5) is 13.0. The lowest BCUT2D eigenvalue weighted by Crippen LogP contribution is -2.16. The van der Waals surface area contributed by atoms with Crippen molar-refractivity contribution in [1.82, 2.24) is 14.3 Å². The molecule has 1 aliphatic rings. The van der Waals surface area contributed by atoms with Crippen molar-refractivity contribution in [2.24, 2.45) is 7.05 Å². The van der Waals surface area contributed by atoms with E-state index in [0.29, 0.717) is 11.4 Å². The molecule has 5 nitrogen and oxygen atoms in total. The van der Waals surface area contributed by atoms with E-state index in [-0.39, 0.29) is 5.91 Å². The Balaban J connectivity index is 1.87. The van der Waals surface area contributed by atoms with Crippen LogP contribution < -0.4 is 5.73 Å². The number of rotatable bonds is 1. The van der Waals surface area contributed by atoms with Crippen LogP contribution in [0, 0.1) is 6.92 Å². The van der Waals surface area contributed by atoms with Crippen molar-refractivity contribution < 1.29 is 4.79 Å². The van der Waals surface area contributed by atoms with Gasteiger partial charge in [-0.2, -0.15) is 9.78 Å². The molecule has 2 N–H and O–H groups in total. The first kappa shape index (κ1) is 14.1. The van der Waals surface area contributed by atoms with Crippen LogP contribution in [0.5, 0.6) is 0 Å². The lowest BCUT2D eigenvalue weighted by molar-refractivity contribution is 0.0949. The molecular weight excluding hydrogens is 288 g/mol. The summed E-state index contributed by atoms with van der Waals surface area (Å²) < 4.78 is 3.48. The van der Waals surface area contributed by atoms with Gasteiger partial charge in [-0.15, -0.1) is 0 Å². The second-order valence-electron chi connectivity index (χ2n) is 6.32. The number of carbonyl (C=O) groups excluding carboxylic acids is 1. The number of aromatic nitrogens is 3. The molecule has 0 radical (unpaired) electrons. The standard InChI is InChI=1S/C18H20N4O/c1-11-10-14-12(7-5-9-16(14)21(11)2)18(23)22-17(19)13-6-3-4-8-15(13)20-22/h5,7,9-10H,3-4,6,8,19H2,1-2H3. The van der Waals surface area contributed by atoms with Gasteiger partial charge in [0.05, 0.1) is 11.3 Å². The molecular formula is C18H20N4O. The molecule has 0 bridgehead atoms. The molecule has 0 fully saturated rings. The number of hydrogen-bond acceptors (Lipinski definition) is 3. The predicted molar refractivity (Wildman–Crippen MR) is 90.7 cm³/mol. The minimum absolute atomic E-state index is 0.145. The first-order chi connectivity index (χ1) is 11.1. The molecule has 0 amide bonds. The van der Waals surface area contributed by atoms with Gasteiger partial charge in [0, 0.05) is 29.2 Å². The first-order valence-corrected chi connectivity index (χ1v) is 8.04. The van der Waals surface area contributed by atoms with E-state index in [9.17, 15) is 4.79 Å². The maximum Gasteiger partial charge on any atom is 0.280 e. The SMILES string of the molecule is Cc1cc2c(C(=O)n3nc4c(c3N)CCCC4)cccc2n1C. The third kappa shape index (κ3) is 2.00. The Morgan fingerprint density at radius 3 is 2.83 bits per heavy atom. The molecule has 0 spiro atoms. The van der Waals surface area contributed by atoms with Gasteiger partial charge < -0.3 is 10.3 Å². The van der Waals surface area contributed by atoms with Crippen LogP contribution in [-0.4, -0.2) is 20.3 Å². The van der Waals surface area contributed by atoms with E-state index in [1.165, 1.54) is 4.68 Å². The zero-order valence-corrected chi connectivity index (χ0v) is 13.5. The maximum absolute atomic E-state index is 13.0. The first-order valence-electron chi connectivity index (χ1n) is 8.04. The highest BCUT2D eigenvalue weighted by Gasteiger charge is 2.24.